The van der Waals surface area contributed by atoms with Crippen molar-refractivity contribution in [1.29, 1.82) is 0 Å². The van der Waals surface area contributed by atoms with Crippen LogP contribution < -0.4 is 0 Å². The van der Waals surface area contributed by atoms with E-state index in [-0.39, 0.29) is 29.1 Å². The van der Waals surface area contributed by atoms with Gasteiger partial charge in [-0.1, -0.05) is 34.1 Å². The zero-order valence-corrected chi connectivity index (χ0v) is 22.8. The van der Waals surface area contributed by atoms with Crippen LogP contribution in [0.3, 0.4) is 0 Å². The van der Waals surface area contributed by atoms with Crippen molar-refractivity contribution < 1.29 is 19.7 Å². The molecule has 4 aliphatic carbocycles. The molecular formula is C30H51NO4. The normalized spacial score (nSPS) is 48.1. The van der Waals surface area contributed by atoms with Crippen molar-refractivity contribution in [3.63, 3.8) is 0 Å². The van der Waals surface area contributed by atoms with Crippen LogP contribution in [-0.2, 0) is 4.74 Å². The Balaban J connectivity index is 1.28. The lowest BCUT2D eigenvalue weighted by molar-refractivity contribution is -0.203. The average Bonchev–Trinajstić information content (AvgIpc) is 3.48. The molecule has 5 rings (SSSR count). The molecule has 5 aliphatic rings. The molecule has 0 aromatic rings. The summed E-state index contributed by atoms with van der Waals surface area (Å²) in [5, 5.41) is 22.3. The quantitative estimate of drug-likeness (QED) is 0.507. The molecule has 1 saturated heterocycles. The van der Waals surface area contributed by atoms with Gasteiger partial charge >= 0.3 is 6.09 Å². The van der Waals surface area contributed by atoms with Gasteiger partial charge in [-0.3, -0.25) is 0 Å². The summed E-state index contributed by atoms with van der Waals surface area (Å²) in [5.41, 5.74) is 0.537. The van der Waals surface area contributed by atoms with Crippen LogP contribution in [0.2, 0.25) is 0 Å². The number of likely N-dealkylation sites (tertiary alicyclic amines) is 1. The molecule has 2 N–H and O–H groups in total. The molecule has 0 aromatic heterocycles. The second-order valence-electron chi connectivity index (χ2n) is 13.7. The van der Waals surface area contributed by atoms with E-state index in [4.69, 9.17) is 4.74 Å². The summed E-state index contributed by atoms with van der Waals surface area (Å²) < 4.78 is 5.66. The molecule has 0 bridgehead atoms. The second kappa shape index (κ2) is 9.82. The van der Waals surface area contributed by atoms with E-state index in [1.807, 2.05) is 4.90 Å². The van der Waals surface area contributed by atoms with Gasteiger partial charge in [0.25, 0.3) is 0 Å². The number of aliphatic hydroxyl groups is 2. The van der Waals surface area contributed by atoms with Crippen LogP contribution >= 0.6 is 0 Å². The maximum absolute atomic E-state index is 12.3. The highest BCUT2D eigenvalue weighted by Crippen LogP contribution is 2.69. The summed E-state index contributed by atoms with van der Waals surface area (Å²) in [6.07, 6.45) is 11.5. The predicted molar refractivity (Wildman–Crippen MR) is 138 cm³/mol. The Morgan fingerprint density at radius 1 is 1.00 bits per heavy atom. The van der Waals surface area contributed by atoms with Crippen LogP contribution in [0, 0.1) is 52.3 Å². The lowest BCUT2D eigenvalue weighted by atomic mass is 9.41. The summed E-state index contributed by atoms with van der Waals surface area (Å²) in [5.74, 6) is 3.54. The van der Waals surface area contributed by atoms with Gasteiger partial charge in [-0.25, -0.2) is 4.79 Å². The molecule has 5 fully saturated rings. The number of carbonyl (C=O) groups is 1. The molecule has 200 valence electrons. The Hall–Kier alpha value is -0.810. The molecule has 4 saturated carbocycles. The van der Waals surface area contributed by atoms with Crippen molar-refractivity contribution in [2.24, 2.45) is 52.3 Å². The van der Waals surface area contributed by atoms with Gasteiger partial charge in [0.1, 0.15) is 0 Å². The summed E-state index contributed by atoms with van der Waals surface area (Å²) in [4.78, 5) is 14.2. The number of fused-ring (bicyclic) bond motifs is 5. The predicted octanol–water partition coefficient (Wildman–Crippen LogP) is 5.87. The first-order valence-corrected chi connectivity index (χ1v) is 15.0. The largest absolute Gasteiger partial charge is 0.449 e. The van der Waals surface area contributed by atoms with Gasteiger partial charge in [0.2, 0.25) is 0 Å². The maximum atomic E-state index is 12.3. The van der Waals surface area contributed by atoms with Crippen LogP contribution in [-0.4, -0.2) is 53.1 Å². The molecule has 0 spiro atoms. The zero-order chi connectivity index (χ0) is 25.0. The molecule has 35 heavy (non-hydrogen) atoms. The first kappa shape index (κ1) is 25.8. The third kappa shape index (κ3) is 4.25. The monoisotopic (exact) mass is 489 g/mol. The van der Waals surface area contributed by atoms with Crippen LogP contribution in [0.15, 0.2) is 0 Å². The number of ether oxygens (including phenoxy) is 1. The molecule has 1 aliphatic heterocycles. The van der Waals surface area contributed by atoms with E-state index in [2.05, 4.69) is 27.7 Å². The summed E-state index contributed by atoms with van der Waals surface area (Å²) >= 11 is 0. The first-order chi connectivity index (χ1) is 16.7. The van der Waals surface area contributed by atoms with Crippen molar-refractivity contribution in [1.82, 2.24) is 4.90 Å². The van der Waals surface area contributed by atoms with Gasteiger partial charge in [0.15, 0.2) is 0 Å². The minimum atomic E-state index is -0.228. The van der Waals surface area contributed by atoms with E-state index < -0.39 is 0 Å². The number of nitrogens with zero attached hydrogens (tertiary/aromatic N) is 1. The van der Waals surface area contributed by atoms with Crippen molar-refractivity contribution in [2.45, 2.75) is 111 Å². The summed E-state index contributed by atoms with van der Waals surface area (Å²) in [6.45, 7) is 11.9. The smallest absolute Gasteiger partial charge is 0.409 e. The van der Waals surface area contributed by atoms with Crippen molar-refractivity contribution in [3.8, 4) is 0 Å². The first-order valence-electron chi connectivity index (χ1n) is 15.0. The van der Waals surface area contributed by atoms with Crippen LogP contribution in [0.25, 0.3) is 0 Å². The van der Waals surface area contributed by atoms with E-state index in [9.17, 15) is 15.0 Å². The fourth-order valence-electron chi connectivity index (χ4n) is 10.5. The maximum Gasteiger partial charge on any atom is 0.409 e. The van der Waals surface area contributed by atoms with Crippen molar-refractivity contribution in [3.05, 3.63) is 0 Å². The Bertz CT molecular complexity index is 767. The number of aliphatic hydroxyl groups excluding tert-OH is 2. The van der Waals surface area contributed by atoms with E-state index in [0.717, 1.165) is 58.0 Å². The highest BCUT2D eigenvalue weighted by molar-refractivity contribution is 5.67. The van der Waals surface area contributed by atoms with Gasteiger partial charge in [-0.05, 0) is 116 Å². The fourth-order valence-corrected chi connectivity index (χ4v) is 10.5. The topological polar surface area (TPSA) is 70.0 Å². The number of carbonyl (C=O) groups excluding carboxylic acids is 1. The van der Waals surface area contributed by atoms with Gasteiger partial charge in [-0.15, -0.1) is 0 Å². The molecule has 0 aromatic carbocycles. The van der Waals surface area contributed by atoms with Gasteiger partial charge in [0.05, 0.1) is 18.8 Å². The van der Waals surface area contributed by atoms with Crippen LogP contribution in [0.1, 0.15) is 98.3 Å². The van der Waals surface area contributed by atoms with E-state index in [1.165, 1.54) is 25.7 Å². The Morgan fingerprint density at radius 2 is 1.69 bits per heavy atom. The van der Waals surface area contributed by atoms with Crippen molar-refractivity contribution in [2.75, 3.05) is 19.7 Å². The fraction of sp³-hybridized carbons (Fsp3) is 0.967. The third-order valence-corrected chi connectivity index (χ3v) is 12.3. The second-order valence-corrected chi connectivity index (χ2v) is 13.7. The van der Waals surface area contributed by atoms with E-state index >= 15 is 0 Å². The Labute approximate surface area is 213 Å². The molecule has 0 unspecified atom stereocenters. The van der Waals surface area contributed by atoms with Gasteiger partial charge in [-0.2, -0.15) is 0 Å². The number of hydrogen-bond donors (Lipinski definition) is 2. The SMILES string of the molecule is CC[C@H]1[C@@H](O)[C@@H]2[C@H](CC[C@]3(C)[C@@H]([C@H](C)CCOC(=O)N4CCCC4)CC[C@@H]23)[C@@]2(C)CC[C@@H](O)C[C@@H]12. The lowest BCUT2D eigenvalue weighted by Gasteiger charge is -2.64. The number of hydrogen-bond acceptors (Lipinski definition) is 4. The van der Waals surface area contributed by atoms with Crippen molar-refractivity contribution >= 4 is 6.09 Å². The minimum Gasteiger partial charge on any atom is -0.449 e. The number of amides is 1. The number of rotatable bonds is 5. The van der Waals surface area contributed by atoms with E-state index in [0.29, 0.717) is 48.0 Å². The van der Waals surface area contributed by atoms with Gasteiger partial charge in [0, 0.05) is 13.1 Å². The summed E-state index contributed by atoms with van der Waals surface area (Å²) in [6, 6.07) is 0. The third-order valence-electron chi connectivity index (χ3n) is 12.3. The Morgan fingerprint density at radius 3 is 2.40 bits per heavy atom. The zero-order valence-electron chi connectivity index (χ0n) is 22.8. The Kier molecular flexibility index (Phi) is 7.24. The molecule has 0 radical (unpaired) electrons. The molecule has 1 amide bonds. The van der Waals surface area contributed by atoms with Crippen LogP contribution in [0.5, 0.6) is 0 Å². The van der Waals surface area contributed by atoms with Crippen LogP contribution in [0.4, 0.5) is 4.79 Å². The molecule has 5 heteroatoms. The molecule has 11 atom stereocenters. The minimum absolute atomic E-state index is 0.123. The highest BCUT2D eigenvalue weighted by Gasteiger charge is 2.64. The van der Waals surface area contributed by atoms with E-state index in [1.54, 1.807) is 0 Å². The average molecular weight is 490 g/mol. The molecule has 1 heterocycles. The standard InChI is InChI=1S/C30H51NO4/c1-5-21-25-18-20(32)10-13-30(25,4)24-11-14-29(3)22(8-9-23(29)26(24)27(21)33)19(2)12-17-35-28(34)31-15-6-7-16-31/h19-27,32-33H,5-18H2,1-4H3/t19-,20-,21-,22-,23+,24+,25+,26+,27-,29-,30-/m1/s1. The highest BCUT2D eigenvalue weighted by atomic mass is 16.6. The lowest BCUT2D eigenvalue weighted by Crippen LogP contribution is -2.62. The van der Waals surface area contributed by atoms with Gasteiger partial charge < -0.3 is 19.8 Å². The molecular weight excluding hydrogens is 438 g/mol. The summed E-state index contributed by atoms with van der Waals surface area (Å²) in [7, 11) is 0. The molecule has 5 nitrogen and oxygen atoms in total.